The first kappa shape index (κ1) is 14.3. The molecule has 0 bridgehead atoms. The van der Waals surface area contributed by atoms with Crippen molar-refractivity contribution in [3.8, 4) is 5.75 Å². The van der Waals surface area contributed by atoms with Crippen molar-refractivity contribution in [2.24, 2.45) is 5.92 Å². The van der Waals surface area contributed by atoms with Crippen molar-refractivity contribution >= 4 is 17.7 Å². The molecular weight excluding hydrogens is 258 g/mol. The molecule has 1 aromatic rings. The number of nitrogens with zero attached hydrogens (tertiary/aromatic N) is 1. The van der Waals surface area contributed by atoms with E-state index in [9.17, 15) is 4.79 Å². The Kier molecular flexibility index (Phi) is 4.40. The summed E-state index contributed by atoms with van der Waals surface area (Å²) in [7, 11) is 1.66. The van der Waals surface area contributed by atoms with Crippen LogP contribution in [0.2, 0.25) is 0 Å². The minimum atomic E-state index is 0.0471. The van der Waals surface area contributed by atoms with E-state index in [1.165, 1.54) is 5.56 Å². The average molecular weight is 279 g/mol. The van der Waals surface area contributed by atoms with Crippen LogP contribution >= 0.6 is 11.8 Å². The molecule has 0 aromatic heterocycles. The number of thioether (sulfide) groups is 1. The van der Waals surface area contributed by atoms with Gasteiger partial charge in [0.05, 0.1) is 12.4 Å². The highest BCUT2D eigenvalue weighted by Gasteiger charge is 2.38. The lowest BCUT2D eigenvalue weighted by Crippen LogP contribution is -2.33. The second-order valence-electron chi connectivity index (χ2n) is 5.29. The van der Waals surface area contributed by atoms with E-state index < -0.39 is 0 Å². The number of hydrogen-bond donors (Lipinski definition) is 0. The average Bonchev–Trinajstić information content (AvgIpc) is 2.67. The molecule has 19 heavy (non-hydrogen) atoms. The van der Waals surface area contributed by atoms with Gasteiger partial charge in [-0.1, -0.05) is 26.0 Å². The van der Waals surface area contributed by atoms with Gasteiger partial charge in [0.25, 0.3) is 0 Å². The molecule has 1 amide bonds. The van der Waals surface area contributed by atoms with Crippen LogP contribution in [0, 0.1) is 5.92 Å². The molecule has 3 nitrogen and oxygen atoms in total. The zero-order valence-corrected chi connectivity index (χ0v) is 12.7. The highest BCUT2D eigenvalue weighted by atomic mass is 32.2. The number of methoxy groups -OCH3 is 1. The third-order valence-corrected chi connectivity index (χ3v) is 4.60. The minimum absolute atomic E-state index is 0.0471. The van der Waals surface area contributed by atoms with Gasteiger partial charge in [0.1, 0.15) is 11.1 Å². The molecule has 1 aliphatic rings. The van der Waals surface area contributed by atoms with Crippen LogP contribution in [0.25, 0.3) is 0 Å². The summed E-state index contributed by atoms with van der Waals surface area (Å²) in [6.07, 6.45) is 0. The van der Waals surface area contributed by atoms with E-state index in [0.717, 1.165) is 12.3 Å². The van der Waals surface area contributed by atoms with Gasteiger partial charge >= 0.3 is 0 Å². The van der Waals surface area contributed by atoms with Gasteiger partial charge in [-0.25, -0.2) is 0 Å². The second-order valence-corrected chi connectivity index (χ2v) is 6.71. The Labute approximate surface area is 119 Å². The number of ether oxygens (including phenoxy) is 1. The molecular formula is C15H21NO2S. The van der Waals surface area contributed by atoms with Crippen LogP contribution in [-0.4, -0.2) is 29.7 Å². The lowest BCUT2D eigenvalue weighted by molar-refractivity contribution is -0.130. The summed E-state index contributed by atoms with van der Waals surface area (Å²) in [6, 6.07) is 8.01. The van der Waals surface area contributed by atoms with E-state index in [1.807, 2.05) is 24.0 Å². The summed E-state index contributed by atoms with van der Waals surface area (Å²) in [5.74, 6) is 1.58. The fourth-order valence-corrected chi connectivity index (χ4v) is 3.57. The van der Waals surface area contributed by atoms with E-state index in [2.05, 4.69) is 26.0 Å². The molecule has 1 aliphatic heterocycles. The Hall–Kier alpha value is -1.16. The van der Waals surface area contributed by atoms with Crippen LogP contribution in [0.5, 0.6) is 5.75 Å². The lowest BCUT2D eigenvalue weighted by atomic mass is 10.1. The summed E-state index contributed by atoms with van der Waals surface area (Å²) in [5.41, 5.74) is 1.17. The van der Waals surface area contributed by atoms with Crippen molar-refractivity contribution in [1.82, 2.24) is 4.90 Å². The Balaban J connectivity index is 2.22. The Bertz CT molecular complexity index is 444. The van der Waals surface area contributed by atoms with Crippen LogP contribution in [0.4, 0.5) is 0 Å². The van der Waals surface area contributed by atoms with Gasteiger partial charge in [-0.05, 0) is 30.5 Å². The third kappa shape index (κ3) is 3.06. The molecule has 0 aliphatic carbocycles. The van der Waals surface area contributed by atoms with Gasteiger partial charge < -0.3 is 9.64 Å². The molecule has 104 valence electrons. The first-order chi connectivity index (χ1) is 9.02. The maximum Gasteiger partial charge on any atom is 0.236 e. The fraction of sp³-hybridized carbons (Fsp3) is 0.533. The maximum absolute atomic E-state index is 12.2. The highest BCUT2D eigenvalue weighted by Crippen LogP contribution is 2.43. The molecule has 0 saturated carbocycles. The van der Waals surface area contributed by atoms with Crippen LogP contribution in [0.1, 0.15) is 31.7 Å². The predicted octanol–water partition coefficient (Wildman–Crippen LogP) is 3.31. The molecule has 0 radical (unpaired) electrons. The molecule has 1 heterocycles. The number of hydrogen-bond acceptors (Lipinski definition) is 3. The number of carbonyl (C=O) groups is 1. The summed E-state index contributed by atoms with van der Waals surface area (Å²) < 4.78 is 5.18. The van der Waals surface area contributed by atoms with Crippen molar-refractivity contribution in [3.05, 3.63) is 29.8 Å². The van der Waals surface area contributed by atoms with E-state index in [0.29, 0.717) is 5.92 Å². The van der Waals surface area contributed by atoms with Gasteiger partial charge in [0.15, 0.2) is 0 Å². The third-order valence-electron chi connectivity index (χ3n) is 3.21. The number of carbonyl (C=O) groups excluding carboxylic acids is 1. The van der Waals surface area contributed by atoms with Gasteiger partial charge in [-0.2, -0.15) is 0 Å². The van der Waals surface area contributed by atoms with Gasteiger partial charge in [0.2, 0.25) is 5.91 Å². The molecule has 0 spiro atoms. The monoisotopic (exact) mass is 279 g/mol. The molecule has 2 atom stereocenters. The van der Waals surface area contributed by atoms with Crippen LogP contribution < -0.4 is 4.74 Å². The van der Waals surface area contributed by atoms with Crippen molar-refractivity contribution < 1.29 is 9.53 Å². The standard InChI is InChI=1S/C15H21NO2S/c1-10(2)9-16-14(17)11(3)19-15(16)12-5-7-13(18-4)8-6-12/h5-8,10-11,15H,9H2,1-4H3/t11-,15+/m1/s1. The first-order valence-electron chi connectivity index (χ1n) is 6.62. The molecule has 1 aromatic carbocycles. The lowest BCUT2D eigenvalue weighted by Gasteiger charge is -2.26. The molecule has 1 fully saturated rings. The zero-order chi connectivity index (χ0) is 14.0. The molecule has 2 rings (SSSR count). The Morgan fingerprint density at radius 1 is 1.32 bits per heavy atom. The van der Waals surface area contributed by atoms with E-state index in [4.69, 9.17) is 4.74 Å². The molecule has 0 N–H and O–H groups in total. The van der Waals surface area contributed by atoms with E-state index >= 15 is 0 Å². The largest absolute Gasteiger partial charge is 0.497 e. The maximum atomic E-state index is 12.2. The van der Waals surface area contributed by atoms with Gasteiger partial charge in [0, 0.05) is 6.54 Å². The quantitative estimate of drug-likeness (QED) is 0.847. The van der Waals surface area contributed by atoms with Crippen molar-refractivity contribution in [3.63, 3.8) is 0 Å². The normalized spacial score (nSPS) is 23.2. The molecule has 1 saturated heterocycles. The smallest absolute Gasteiger partial charge is 0.236 e. The van der Waals surface area contributed by atoms with Crippen molar-refractivity contribution in [2.75, 3.05) is 13.7 Å². The predicted molar refractivity (Wildman–Crippen MR) is 79.3 cm³/mol. The van der Waals surface area contributed by atoms with E-state index in [-0.39, 0.29) is 16.5 Å². The number of benzene rings is 1. The van der Waals surface area contributed by atoms with Crippen LogP contribution in [0.15, 0.2) is 24.3 Å². The minimum Gasteiger partial charge on any atom is -0.497 e. The second kappa shape index (κ2) is 5.87. The SMILES string of the molecule is COc1ccc([C@@H]2S[C@H](C)C(=O)N2CC(C)C)cc1. The molecule has 0 unspecified atom stereocenters. The van der Waals surface area contributed by atoms with E-state index in [1.54, 1.807) is 18.9 Å². The summed E-state index contributed by atoms with van der Waals surface area (Å²) in [5, 5.41) is 0.182. The Morgan fingerprint density at radius 3 is 2.47 bits per heavy atom. The highest BCUT2D eigenvalue weighted by molar-refractivity contribution is 8.01. The fourth-order valence-electron chi connectivity index (χ4n) is 2.28. The topological polar surface area (TPSA) is 29.5 Å². The molecule has 4 heteroatoms. The summed E-state index contributed by atoms with van der Waals surface area (Å²) >= 11 is 1.73. The van der Waals surface area contributed by atoms with Gasteiger partial charge in [-0.15, -0.1) is 11.8 Å². The van der Waals surface area contributed by atoms with Crippen LogP contribution in [-0.2, 0) is 4.79 Å². The number of rotatable bonds is 4. The van der Waals surface area contributed by atoms with Crippen molar-refractivity contribution in [2.45, 2.75) is 31.4 Å². The van der Waals surface area contributed by atoms with Crippen molar-refractivity contribution in [1.29, 1.82) is 0 Å². The number of amides is 1. The van der Waals surface area contributed by atoms with Gasteiger partial charge in [-0.3, -0.25) is 4.79 Å². The first-order valence-corrected chi connectivity index (χ1v) is 7.57. The zero-order valence-electron chi connectivity index (χ0n) is 11.9. The summed E-state index contributed by atoms with van der Waals surface area (Å²) in [4.78, 5) is 14.2. The Morgan fingerprint density at radius 2 is 1.95 bits per heavy atom. The van der Waals surface area contributed by atoms with Crippen LogP contribution in [0.3, 0.4) is 0 Å². The summed E-state index contributed by atoms with van der Waals surface area (Å²) in [6.45, 7) is 7.09.